The van der Waals surface area contributed by atoms with E-state index in [9.17, 15) is 0 Å². The molecule has 4 heteroatoms. The molecule has 2 rings (SSSR count). The van der Waals surface area contributed by atoms with E-state index in [1.807, 2.05) is 32.0 Å². The molecule has 0 saturated heterocycles. The number of aromatic nitrogens is 3. The van der Waals surface area contributed by atoms with E-state index >= 15 is 0 Å². The van der Waals surface area contributed by atoms with Crippen LogP contribution in [0.4, 0.5) is 5.69 Å². The number of aryl methyl sites for hydroxylation is 1. The number of nitrogen functional groups attached to an aromatic ring is 1. The number of H-pyrrole nitrogens is 1. The lowest BCUT2D eigenvalue weighted by Crippen LogP contribution is -1.92. The largest absolute Gasteiger partial charge is 0.398 e. The molecule has 0 spiro atoms. The first-order chi connectivity index (χ1) is 6.68. The maximum Gasteiger partial charge on any atom is 0.181 e. The molecule has 72 valence electrons. The quantitative estimate of drug-likeness (QED) is 0.669. The first kappa shape index (κ1) is 8.74. The van der Waals surface area contributed by atoms with Gasteiger partial charge < -0.3 is 5.73 Å². The van der Waals surface area contributed by atoms with Crippen LogP contribution in [0.15, 0.2) is 18.2 Å². The molecule has 0 aliphatic carbocycles. The van der Waals surface area contributed by atoms with Crippen LogP contribution in [0.3, 0.4) is 0 Å². The molecule has 0 saturated carbocycles. The Morgan fingerprint density at radius 3 is 2.71 bits per heavy atom. The molecule has 1 heterocycles. The number of benzene rings is 1. The lowest BCUT2D eigenvalue weighted by atomic mass is 10.1. The van der Waals surface area contributed by atoms with Crippen molar-refractivity contribution < 1.29 is 0 Å². The number of rotatable bonds is 1. The van der Waals surface area contributed by atoms with Gasteiger partial charge in [0.05, 0.1) is 0 Å². The second-order valence-corrected chi connectivity index (χ2v) is 3.26. The number of hydrogen-bond acceptors (Lipinski definition) is 3. The second kappa shape index (κ2) is 3.14. The monoisotopic (exact) mass is 188 g/mol. The number of aromatic amines is 1. The third kappa shape index (κ3) is 1.35. The van der Waals surface area contributed by atoms with Gasteiger partial charge in [-0.15, -0.1) is 0 Å². The predicted octanol–water partition coefficient (Wildman–Crippen LogP) is 1.67. The van der Waals surface area contributed by atoms with E-state index in [4.69, 9.17) is 5.73 Å². The van der Waals surface area contributed by atoms with Crippen LogP contribution in [0.2, 0.25) is 0 Å². The zero-order valence-electron chi connectivity index (χ0n) is 8.20. The van der Waals surface area contributed by atoms with Crippen molar-refractivity contribution in [3.05, 3.63) is 29.6 Å². The lowest BCUT2D eigenvalue weighted by Gasteiger charge is -2.03. The second-order valence-electron chi connectivity index (χ2n) is 3.26. The fourth-order valence-electron chi connectivity index (χ4n) is 1.36. The Morgan fingerprint density at radius 2 is 2.07 bits per heavy atom. The van der Waals surface area contributed by atoms with Gasteiger partial charge in [-0.2, -0.15) is 5.10 Å². The van der Waals surface area contributed by atoms with Gasteiger partial charge in [-0.25, -0.2) is 4.98 Å². The number of nitrogens with two attached hydrogens (primary N) is 1. The highest BCUT2D eigenvalue weighted by Crippen LogP contribution is 2.23. The summed E-state index contributed by atoms with van der Waals surface area (Å²) in [7, 11) is 0. The summed E-state index contributed by atoms with van der Waals surface area (Å²) in [6.45, 7) is 3.84. The molecule has 2 aromatic rings. The summed E-state index contributed by atoms with van der Waals surface area (Å²) in [4.78, 5) is 4.26. The van der Waals surface area contributed by atoms with Gasteiger partial charge in [0.1, 0.15) is 5.82 Å². The van der Waals surface area contributed by atoms with E-state index in [1.54, 1.807) is 0 Å². The summed E-state index contributed by atoms with van der Waals surface area (Å²) in [5.74, 6) is 1.51. The molecule has 0 radical (unpaired) electrons. The van der Waals surface area contributed by atoms with Crippen LogP contribution in [0.1, 0.15) is 11.4 Å². The van der Waals surface area contributed by atoms with E-state index in [0.717, 1.165) is 22.6 Å². The van der Waals surface area contributed by atoms with Crippen molar-refractivity contribution in [3.8, 4) is 11.4 Å². The molecule has 0 amide bonds. The van der Waals surface area contributed by atoms with Crippen molar-refractivity contribution >= 4 is 5.69 Å². The first-order valence-corrected chi connectivity index (χ1v) is 4.43. The van der Waals surface area contributed by atoms with Crippen molar-refractivity contribution in [2.24, 2.45) is 0 Å². The van der Waals surface area contributed by atoms with Gasteiger partial charge in [0.15, 0.2) is 5.82 Å². The van der Waals surface area contributed by atoms with Gasteiger partial charge in [0.2, 0.25) is 0 Å². The van der Waals surface area contributed by atoms with Crippen LogP contribution in [0, 0.1) is 13.8 Å². The Bertz CT molecular complexity index is 459. The van der Waals surface area contributed by atoms with Gasteiger partial charge in [-0.05, 0) is 25.5 Å². The highest BCUT2D eigenvalue weighted by molar-refractivity contribution is 5.67. The molecular weight excluding hydrogens is 176 g/mol. The average molecular weight is 188 g/mol. The number of nitrogens with one attached hydrogen (secondary N) is 1. The predicted molar refractivity (Wildman–Crippen MR) is 55.7 cm³/mol. The summed E-state index contributed by atoms with van der Waals surface area (Å²) in [6.07, 6.45) is 0. The van der Waals surface area contributed by atoms with E-state index < -0.39 is 0 Å². The average Bonchev–Trinajstić information content (AvgIpc) is 2.57. The molecule has 0 bridgehead atoms. The molecule has 0 unspecified atom stereocenters. The summed E-state index contributed by atoms with van der Waals surface area (Å²) in [6, 6.07) is 5.75. The highest BCUT2D eigenvalue weighted by atomic mass is 15.2. The minimum atomic E-state index is 0.701. The number of hydrogen-bond donors (Lipinski definition) is 2. The van der Waals surface area contributed by atoms with Gasteiger partial charge in [-0.3, -0.25) is 5.10 Å². The highest BCUT2D eigenvalue weighted by Gasteiger charge is 2.07. The lowest BCUT2D eigenvalue weighted by molar-refractivity contribution is 1.04. The van der Waals surface area contributed by atoms with Crippen molar-refractivity contribution in [1.82, 2.24) is 15.2 Å². The Morgan fingerprint density at radius 1 is 1.29 bits per heavy atom. The Hall–Kier alpha value is -1.84. The Labute approximate surface area is 82.2 Å². The van der Waals surface area contributed by atoms with Crippen LogP contribution < -0.4 is 5.73 Å². The fraction of sp³-hybridized carbons (Fsp3) is 0.200. The van der Waals surface area contributed by atoms with Crippen LogP contribution >= 0.6 is 0 Å². The zero-order chi connectivity index (χ0) is 10.1. The standard InChI is InChI=1S/C10H12N4/c1-6-8(4-3-5-9(6)11)10-12-7(2)13-14-10/h3-5H,11H2,1-2H3,(H,12,13,14). The molecular formula is C10H12N4. The molecule has 1 aromatic heterocycles. The van der Waals surface area contributed by atoms with Crippen LogP contribution in [0.25, 0.3) is 11.4 Å². The molecule has 0 aliphatic heterocycles. The van der Waals surface area contributed by atoms with Crippen molar-refractivity contribution in [2.45, 2.75) is 13.8 Å². The molecule has 4 nitrogen and oxygen atoms in total. The van der Waals surface area contributed by atoms with E-state index in [1.165, 1.54) is 0 Å². The van der Waals surface area contributed by atoms with Crippen molar-refractivity contribution in [2.75, 3.05) is 5.73 Å². The zero-order valence-corrected chi connectivity index (χ0v) is 8.20. The van der Waals surface area contributed by atoms with Crippen LogP contribution in [-0.4, -0.2) is 15.2 Å². The van der Waals surface area contributed by atoms with Gasteiger partial charge in [-0.1, -0.05) is 12.1 Å². The van der Waals surface area contributed by atoms with Crippen LogP contribution in [0.5, 0.6) is 0 Å². The maximum absolute atomic E-state index is 5.80. The molecule has 0 fully saturated rings. The number of nitrogens with zero attached hydrogens (tertiary/aromatic N) is 2. The topological polar surface area (TPSA) is 67.6 Å². The maximum atomic E-state index is 5.80. The van der Waals surface area contributed by atoms with Crippen molar-refractivity contribution in [1.29, 1.82) is 0 Å². The van der Waals surface area contributed by atoms with E-state index in [2.05, 4.69) is 15.2 Å². The molecule has 14 heavy (non-hydrogen) atoms. The fourth-order valence-corrected chi connectivity index (χ4v) is 1.36. The third-order valence-electron chi connectivity index (χ3n) is 2.21. The SMILES string of the molecule is Cc1nc(-c2cccc(N)c2C)n[nH]1. The van der Waals surface area contributed by atoms with E-state index in [0.29, 0.717) is 5.82 Å². The molecule has 1 aromatic carbocycles. The molecule has 0 aliphatic rings. The van der Waals surface area contributed by atoms with Crippen molar-refractivity contribution in [3.63, 3.8) is 0 Å². The summed E-state index contributed by atoms with van der Waals surface area (Å²) in [5.41, 5.74) is 8.57. The van der Waals surface area contributed by atoms with Crippen LogP contribution in [-0.2, 0) is 0 Å². The summed E-state index contributed by atoms with van der Waals surface area (Å²) < 4.78 is 0. The minimum Gasteiger partial charge on any atom is -0.398 e. The first-order valence-electron chi connectivity index (χ1n) is 4.43. The minimum absolute atomic E-state index is 0.701. The smallest absolute Gasteiger partial charge is 0.181 e. The number of anilines is 1. The van der Waals surface area contributed by atoms with Gasteiger partial charge >= 0.3 is 0 Å². The molecule has 3 N–H and O–H groups in total. The van der Waals surface area contributed by atoms with E-state index in [-0.39, 0.29) is 0 Å². The molecule has 0 atom stereocenters. The summed E-state index contributed by atoms with van der Waals surface area (Å²) >= 11 is 0. The normalized spacial score (nSPS) is 10.4. The summed E-state index contributed by atoms with van der Waals surface area (Å²) in [5, 5.41) is 6.91. The Kier molecular flexibility index (Phi) is 1.96. The van der Waals surface area contributed by atoms with Gasteiger partial charge in [0, 0.05) is 11.3 Å². The Balaban J connectivity index is 2.57. The van der Waals surface area contributed by atoms with Gasteiger partial charge in [0.25, 0.3) is 0 Å². The third-order valence-corrected chi connectivity index (χ3v) is 2.21.